The molecule has 1 saturated carbocycles. The van der Waals surface area contributed by atoms with Crippen molar-refractivity contribution in [2.24, 2.45) is 13.0 Å². The van der Waals surface area contributed by atoms with E-state index in [0.717, 1.165) is 18.3 Å². The van der Waals surface area contributed by atoms with E-state index in [2.05, 4.69) is 15.4 Å². The second-order valence-electron chi connectivity index (χ2n) is 4.48. The highest BCUT2D eigenvalue weighted by atomic mass is 15.3. The minimum Gasteiger partial charge on any atom is -0.305 e. The highest BCUT2D eigenvalue weighted by Gasteiger charge is 2.50. The monoisotopic (exact) mass is 192 g/mol. The zero-order valence-electron chi connectivity index (χ0n) is 8.53. The van der Waals surface area contributed by atoms with Gasteiger partial charge in [-0.15, -0.1) is 0 Å². The Balaban J connectivity index is 2.03. The molecular weight excluding hydrogens is 176 g/mol. The Hall–Kier alpha value is -0.900. The maximum Gasteiger partial charge on any atom is 0.147 e. The summed E-state index contributed by atoms with van der Waals surface area (Å²) in [5.41, 5.74) is 0.158. The van der Waals surface area contributed by atoms with E-state index in [1.54, 1.807) is 6.33 Å². The quantitative estimate of drug-likeness (QED) is 0.754. The van der Waals surface area contributed by atoms with Gasteiger partial charge in [-0.3, -0.25) is 4.68 Å². The smallest absolute Gasteiger partial charge is 0.147 e. The number of nitrogens with one attached hydrogen (secondary N) is 1. The van der Waals surface area contributed by atoms with Gasteiger partial charge in [0.25, 0.3) is 0 Å². The number of aryl methyl sites for hydroxylation is 1. The van der Waals surface area contributed by atoms with Crippen LogP contribution in [0.5, 0.6) is 0 Å². The fourth-order valence-corrected chi connectivity index (χ4v) is 2.77. The summed E-state index contributed by atoms with van der Waals surface area (Å²) in [5.74, 6) is 1.94. The van der Waals surface area contributed by atoms with Crippen molar-refractivity contribution >= 4 is 0 Å². The molecule has 2 aliphatic rings. The molecule has 0 radical (unpaired) electrons. The maximum atomic E-state index is 4.42. The van der Waals surface area contributed by atoms with Crippen LogP contribution in [-0.2, 0) is 12.6 Å². The summed E-state index contributed by atoms with van der Waals surface area (Å²) in [6.45, 7) is 1.13. The summed E-state index contributed by atoms with van der Waals surface area (Å²) in [6.07, 6.45) is 6.85. The Morgan fingerprint density at radius 2 is 2.43 bits per heavy atom. The van der Waals surface area contributed by atoms with Gasteiger partial charge in [0.05, 0.1) is 5.54 Å². The first-order valence-corrected chi connectivity index (χ1v) is 5.42. The van der Waals surface area contributed by atoms with Crippen LogP contribution in [0.3, 0.4) is 0 Å². The number of hydrogen-bond acceptors (Lipinski definition) is 3. The molecule has 2 fully saturated rings. The molecule has 3 rings (SSSR count). The molecule has 76 valence electrons. The van der Waals surface area contributed by atoms with Crippen LogP contribution in [0.25, 0.3) is 0 Å². The molecule has 1 aliphatic carbocycles. The van der Waals surface area contributed by atoms with Crippen molar-refractivity contribution in [1.82, 2.24) is 20.1 Å². The summed E-state index contributed by atoms with van der Waals surface area (Å²) in [6, 6.07) is 0. The van der Waals surface area contributed by atoms with Crippen LogP contribution in [0.15, 0.2) is 6.33 Å². The van der Waals surface area contributed by atoms with Gasteiger partial charge >= 0.3 is 0 Å². The van der Waals surface area contributed by atoms with Crippen LogP contribution in [-0.4, -0.2) is 21.3 Å². The molecule has 1 aliphatic heterocycles. The fraction of sp³-hybridized carbons (Fsp3) is 0.800. The largest absolute Gasteiger partial charge is 0.305 e. The highest BCUT2D eigenvalue weighted by Crippen LogP contribution is 2.49. The van der Waals surface area contributed by atoms with Crippen molar-refractivity contribution in [3.05, 3.63) is 12.2 Å². The number of hydrogen-bond donors (Lipinski definition) is 1. The first kappa shape index (κ1) is 8.41. The van der Waals surface area contributed by atoms with E-state index in [-0.39, 0.29) is 5.54 Å². The Morgan fingerprint density at radius 1 is 1.57 bits per heavy atom. The molecule has 1 aromatic heterocycles. The summed E-state index contributed by atoms with van der Waals surface area (Å²) >= 11 is 0. The Kier molecular flexibility index (Phi) is 1.68. The van der Waals surface area contributed by atoms with E-state index in [9.17, 15) is 0 Å². The van der Waals surface area contributed by atoms with E-state index in [1.165, 1.54) is 25.7 Å². The molecule has 4 heteroatoms. The fourth-order valence-electron chi connectivity index (χ4n) is 2.77. The van der Waals surface area contributed by atoms with Crippen molar-refractivity contribution in [2.75, 3.05) is 6.54 Å². The average Bonchev–Trinajstić information content (AvgIpc) is 2.77. The van der Waals surface area contributed by atoms with Gasteiger partial charge in [-0.25, -0.2) is 4.98 Å². The molecule has 14 heavy (non-hydrogen) atoms. The van der Waals surface area contributed by atoms with Gasteiger partial charge in [-0.1, -0.05) is 0 Å². The zero-order valence-corrected chi connectivity index (χ0v) is 8.53. The number of nitrogens with zero attached hydrogens (tertiary/aromatic N) is 3. The van der Waals surface area contributed by atoms with Gasteiger partial charge in [0.15, 0.2) is 0 Å². The molecule has 0 spiro atoms. The Morgan fingerprint density at radius 3 is 2.93 bits per heavy atom. The molecule has 0 bridgehead atoms. The topological polar surface area (TPSA) is 42.7 Å². The van der Waals surface area contributed by atoms with Crippen molar-refractivity contribution in [1.29, 1.82) is 0 Å². The van der Waals surface area contributed by atoms with Crippen LogP contribution in [0.4, 0.5) is 0 Å². The molecule has 0 aromatic carbocycles. The zero-order chi connectivity index (χ0) is 9.60. The number of rotatable bonds is 2. The SMILES string of the molecule is Cn1ncnc1C1(C2CC2)CCCN1. The van der Waals surface area contributed by atoms with Gasteiger partial charge in [0.2, 0.25) is 0 Å². The molecular formula is C10H16N4. The van der Waals surface area contributed by atoms with E-state index in [1.807, 2.05) is 11.7 Å². The lowest BCUT2D eigenvalue weighted by molar-refractivity contribution is 0.303. The standard InChI is InChI=1S/C10H16N4/c1-14-9(11-7-13-14)10(8-3-4-8)5-2-6-12-10/h7-8,12H,2-6H2,1H3. The van der Waals surface area contributed by atoms with Crippen LogP contribution < -0.4 is 5.32 Å². The maximum absolute atomic E-state index is 4.42. The van der Waals surface area contributed by atoms with E-state index in [0.29, 0.717) is 0 Å². The Bertz CT molecular complexity index is 334. The summed E-state index contributed by atoms with van der Waals surface area (Å²) < 4.78 is 1.93. The third-order valence-electron chi connectivity index (χ3n) is 3.57. The van der Waals surface area contributed by atoms with Crippen LogP contribution in [0.2, 0.25) is 0 Å². The lowest BCUT2D eigenvalue weighted by Gasteiger charge is -2.28. The van der Waals surface area contributed by atoms with Gasteiger partial charge in [-0.2, -0.15) is 5.10 Å². The van der Waals surface area contributed by atoms with Crippen molar-refractivity contribution < 1.29 is 0 Å². The number of aromatic nitrogens is 3. The van der Waals surface area contributed by atoms with Gasteiger partial charge in [0, 0.05) is 7.05 Å². The molecule has 1 saturated heterocycles. The molecule has 0 amide bonds. The van der Waals surface area contributed by atoms with Crippen molar-refractivity contribution in [2.45, 2.75) is 31.2 Å². The summed E-state index contributed by atoms with van der Waals surface area (Å²) in [5, 5.41) is 7.83. The molecule has 1 unspecified atom stereocenters. The molecule has 1 N–H and O–H groups in total. The lowest BCUT2D eigenvalue weighted by Crippen LogP contribution is -2.41. The Labute approximate surface area is 83.7 Å². The third-order valence-corrected chi connectivity index (χ3v) is 3.57. The van der Waals surface area contributed by atoms with Crippen LogP contribution in [0, 0.1) is 5.92 Å². The minimum atomic E-state index is 0.158. The molecule has 2 heterocycles. The van der Waals surface area contributed by atoms with Gasteiger partial charge in [0.1, 0.15) is 12.2 Å². The van der Waals surface area contributed by atoms with Gasteiger partial charge < -0.3 is 5.32 Å². The minimum absolute atomic E-state index is 0.158. The average molecular weight is 192 g/mol. The normalized spacial score (nSPS) is 32.4. The lowest BCUT2D eigenvalue weighted by atomic mass is 9.90. The first-order valence-electron chi connectivity index (χ1n) is 5.42. The first-order chi connectivity index (χ1) is 6.83. The van der Waals surface area contributed by atoms with E-state index in [4.69, 9.17) is 0 Å². The van der Waals surface area contributed by atoms with E-state index >= 15 is 0 Å². The third kappa shape index (κ3) is 1.03. The second-order valence-corrected chi connectivity index (χ2v) is 4.48. The van der Waals surface area contributed by atoms with E-state index < -0.39 is 0 Å². The van der Waals surface area contributed by atoms with Crippen LogP contribution >= 0.6 is 0 Å². The summed E-state index contributed by atoms with van der Waals surface area (Å²) in [7, 11) is 1.99. The molecule has 4 nitrogen and oxygen atoms in total. The summed E-state index contributed by atoms with van der Waals surface area (Å²) in [4.78, 5) is 4.42. The van der Waals surface area contributed by atoms with Crippen LogP contribution in [0.1, 0.15) is 31.5 Å². The highest BCUT2D eigenvalue weighted by molar-refractivity contribution is 5.15. The molecule has 1 atom stereocenters. The van der Waals surface area contributed by atoms with Crippen molar-refractivity contribution in [3.63, 3.8) is 0 Å². The molecule has 1 aromatic rings. The predicted molar refractivity (Wildman–Crippen MR) is 52.6 cm³/mol. The predicted octanol–water partition coefficient (Wildman–Crippen LogP) is 0.804. The van der Waals surface area contributed by atoms with Gasteiger partial charge in [-0.05, 0) is 38.1 Å². The van der Waals surface area contributed by atoms with Crippen molar-refractivity contribution in [3.8, 4) is 0 Å². The second kappa shape index (κ2) is 2.79.